The lowest BCUT2D eigenvalue weighted by molar-refractivity contribution is 0.0956. The van der Waals surface area contributed by atoms with Crippen LogP contribution in [0.15, 0.2) is 53.6 Å². The largest absolute Gasteiger partial charge is 0.272 e. The summed E-state index contributed by atoms with van der Waals surface area (Å²) in [6.45, 7) is 1.92. The van der Waals surface area contributed by atoms with Crippen LogP contribution in [0.25, 0.3) is 10.9 Å². The molecule has 124 valence electrons. The van der Waals surface area contributed by atoms with Crippen molar-refractivity contribution >= 4 is 23.0 Å². The van der Waals surface area contributed by atoms with Gasteiger partial charge in [-0.2, -0.15) is 5.10 Å². The summed E-state index contributed by atoms with van der Waals surface area (Å²) in [6, 6.07) is 15.3. The van der Waals surface area contributed by atoms with Gasteiger partial charge in [-0.05, 0) is 44.0 Å². The Morgan fingerprint density at radius 1 is 1.16 bits per heavy atom. The molecule has 5 nitrogen and oxygen atoms in total. The van der Waals surface area contributed by atoms with Gasteiger partial charge in [-0.25, -0.2) is 5.43 Å². The quantitative estimate of drug-likeness (QED) is 0.587. The molecule has 0 bridgehead atoms. The van der Waals surface area contributed by atoms with Crippen molar-refractivity contribution in [3.63, 3.8) is 0 Å². The lowest BCUT2D eigenvalue weighted by Crippen LogP contribution is -2.18. The van der Waals surface area contributed by atoms with Crippen LogP contribution in [0, 0.1) is 6.92 Å². The number of hydrogen-bond acceptors (Lipinski definition) is 4. The van der Waals surface area contributed by atoms with Crippen molar-refractivity contribution in [3.05, 3.63) is 71.2 Å². The third-order valence-corrected chi connectivity index (χ3v) is 4.25. The predicted octanol–water partition coefficient (Wildman–Crippen LogP) is 3.58. The van der Waals surface area contributed by atoms with Gasteiger partial charge in [0, 0.05) is 22.7 Å². The number of hydrazone groups is 1. The van der Waals surface area contributed by atoms with Crippen LogP contribution in [-0.4, -0.2) is 22.1 Å². The number of nitrogens with zero attached hydrogens (tertiary/aromatic N) is 3. The SMILES string of the molecule is Cc1cccc(/C=N\NC(=O)c2cc(C3CC3)nc3ccccc23)n1. The van der Waals surface area contributed by atoms with Crippen LogP contribution in [0.2, 0.25) is 0 Å². The summed E-state index contributed by atoms with van der Waals surface area (Å²) in [5, 5.41) is 4.89. The first-order chi connectivity index (χ1) is 12.2. The number of aromatic nitrogens is 2. The van der Waals surface area contributed by atoms with Gasteiger partial charge in [0.05, 0.1) is 23.0 Å². The highest BCUT2D eigenvalue weighted by Gasteiger charge is 2.26. The fraction of sp³-hybridized carbons (Fsp3) is 0.200. The van der Waals surface area contributed by atoms with Crippen molar-refractivity contribution < 1.29 is 4.79 Å². The van der Waals surface area contributed by atoms with Crippen LogP contribution < -0.4 is 5.43 Å². The van der Waals surface area contributed by atoms with Crippen molar-refractivity contribution in [2.75, 3.05) is 0 Å². The average Bonchev–Trinajstić information content (AvgIpc) is 3.46. The topological polar surface area (TPSA) is 67.2 Å². The lowest BCUT2D eigenvalue weighted by atomic mass is 10.1. The zero-order valence-corrected chi connectivity index (χ0v) is 13.9. The Kier molecular flexibility index (Phi) is 3.98. The van der Waals surface area contributed by atoms with Gasteiger partial charge in [0.25, 0.3) is 5.91 Å². The minimum Gasteiger partial charge on any atom is -0.267 e. The fourth-order valence-corrected chi connectivity index (χ4v) is 2.83. The van der Waals surface area contributed by atoms with E-state index in [1.807, 2.05) is 55.5 Å². The molecule has 1 amide bonds. The maximum absolute atomic E-state index is 12.6. The van der Waals surface area contributed by atoms with Crippen LogP contribution in [0.1, 0.15) is 46.2 Å². The van der Waals surface area contributed by atoms with E-state index in [2.05, 4.69) is 20.5 Å². The van der Waals surface area contributed by atoms with Crippen molar-refractivity contribution in [1.82, 2.24) is 15.4 Å². The summed E-state index contributed by atoms with van der Waals surface area (Å²) in [7, 11) is 0. The first-order valence-electron chi connectivity index (χ1n) is 8.37. The Morgan fingerprint density at radius 3 is 2.80 bits per heavy atom. The van der Waals surface area contributed by atoms with E-state index in [4.69, 9.17) is 0 Å². The van der Waals surface area contributed by atoms with Crippen molar-refractivity contribution in [2.24, 2.45) is 5.10 Å². The Balaban J connectivity index is 1.61. The molecule has 0 unspecified atom stereocenters. The van der Waals surface area contributed by atoms with Crippen molar-refractivity contribution in [2.45, 2.75) is 25.7 Å². The number of aryl methyl sites for hydroxylation is 1. The molecule has 1 fully saturated rings. The molecule has 0 atom stereocenters. The molecule has 4 rings (SSSR count). The van der Waals surface area contributed by atoms with Crippen LogP contribution in [-0.2, 0) is 0 Å². The van der Waals surface area contributed by atoms with E-state index in [1.165, 1.54) is 0 Å². The molecule has 1 aliphatic rings. The third kappa shape index (κ3) is 3.40. The first kappa shape index (κ1) is 15.4. The smallest absolute Gasteiger partial charge is 0.267 e. The molecule has 2 heterocycles. The number of benzene rings is 1. The minimum atomic E-state index is -0.232. The molecule has 5 heteroatoms. The van der Waals surface area contributed by atoms with E-state index in [1.54, 1.807) is 6.21 Å². The second kappa shape index (κ2) is 6.43. The predicted molar refractivity (Wildman–Crippen MR) is 97.8 cm³/mol. The van der Waals surface area contributed by atoms with E-state index in [0.717, 1.165) is 35.1 Å². The number of rotatable bonds is 4. The molecule has 0 spiro atoms. The van der Waals surface area contributed by atoms with E-state index < -0.39 is 0 Å². The molecule has 0 radical (unpaired) electrons. The molecule has 2 aromatic heterocycles. The number of fused-ring (bicyclic) bond motifs is 1. The second-order valence-electron chi connectivity index (χ2n) is 6.29. The van der Waals surface area contributed by atoms with E-state index in [-0.39, 0.29) is 5.91 Å². The molecule has 0 saturated heterocycles. The second-order valence-corrected chi connectivity index (χ2v) is 6.29. The van der Waals surface area contributed by atoms with Gasteiger partial charge >= 0.3 is 0 Å². The summed E-state index contributed by atoms with van der Waals surface area (Å²) in [5.41, 5.74) is 6.68. The number of pyridine rings is 2. The van der Waals surface area contributed by atoms with Crippen LogP contribution in [0.5, 0.6) is 0 Å². The average molecular weight is 330 g/mol. The standard InChI is InChI=1S/C20H18N4O/c1-13-5-4-6-15(22-13)12-21-24-20(25)17-11-19(14-9-10-14)23-18-8-3-2-7-16(17)18/h2-8,11-12,14H,9-10H2,1H3,(H,24,25)/b21-12-. The molecular weight excluding hydrogens is 312 g/mol. The molecular formula is C20H18N4O. The zero-order chi connectivity index (χ0) is 17.2. The van der Waals surface area contributed by atoms with Gasteiger partial charge < -0.3 is 0 Å². The zero-order valence-electron chi connectivity index (χ0n) is 13.9. The van der Waals surface area contributed by atoms with E-state index >= 15 is 0 Å². The highest BCUT2D eigenvalue weighted by molar-refractivity contribution is 6.06. The summed E-state index contributed by atoms with van der Waals surface area (Å²) >= 11 is 0. The van der Waals surface area contributed by atoms with Crippen LogP contribution in [0.4, 0.5) is 0 Å². The molecule has 1 N–H and O–H groups in total. The molecule has 1 aromatic carbocycles. The van der Waals surface area contributed by atoms with Crippen LogP contribution >= 0.6 is 0 Å². The number of nitrogens with one attached hydrogen (secondary N) is 1. The van der Waals surface area contributed by atoms with Gasteiger partial charge in [-0.1, -0.05) is 24.3 Å². The van der Waals surface area contributed by atoms with E-state index in [0.29, 0.717) is 17.2 Å². The summed E-state index contributed by atoms with van der Waals surface area (Å²) in [4.78, 5) is 21.7. The number of hydrogen-bond donors (Lipinski definition) is 1. The number of carbonyl (C=O) groups excluding carboxylic acids is 1. The third-order valence-electron chi connectivity index (χ3n) is 4.25. The Bertz CT molecular complexity index is 976. The van der Waals surface area contributed by atoms with Crippen molar-refractivity contribution in [3.8, 4) is 0 Å². The normalized spacial score (nSPS) is 14.1. The molecule has 1 saturated carbocycles. The maximum Gasteiger partial charge on any atom is 0.272 e. The minimum absolute atomic E-state index is 0.232. The highest BCUT2D eigenvalue weighted by Crippen LogP contribution is 2.40. The Morgan fingerprint density at radius 2 is 2.00 bits per heavy atom. The monoisotopic (exact) mass is 330 g/mol. The van der Waals surface area contributed by atoms with Gasteiger partial charge in [0.1, 0.15) is 0 Å². The first-order valence-corrected chi connectivity index (χ1v) is 8.37. The number of para-hydroxylation sites is 1. The Hall–Kier alpha value is -3.08. The summed E-state index contributed by atoms with van der Waals surface area (Å²) in [6.07, 6.45) is 3.84. The summed E-state index contributed by atoms with van der Waals surface area (Å²) < 4.78 is 0. The number of carbonyl (C=O) groups is 1. The Labute approximate surface area is 145 Å². The van der Waals surface area contributed by atoms with Gasteiger partial charge in [0.2, 0.25) is 0 Å². The molecule has 1 aliphatic carbocycles. The lowest BCUT2D eigenvalue weighted by Gasteiger charge is -2.08. The molecule has 25 heavy (non-hydrogen) atoms. The van der Waals surface area contributed by atoms with Crippen LogP contribution in [0.3, 0.4) is 0 Å². The van der Waals surface area contributed by atoms with Gasteiger partial charge in [-0.3, -0.25) is 14.8 Å². The van der Waals surface area contributed by atoms with Gasteiger partial charge in [0.15, 0.2) is 0 Å². The summed E-state index contributed by atoms with van der Waals surface area (Å²) in [5.74, 6) is 0.251. The number of amides is 1. The van der Waals surface area contributed by atoms with E-state index in [9.17, 15) is 4.79 Å². The molecule has 0 aliphatic heterocycles. The van der Waals surface area contributed by atoms with Gasteiger partial charge in [-0.15, -0.1) is 0 Å². The maximum atomic E-state index is 12.6. The van der Waals surface area contributed by atoms with Crippen molar-refractivity contribution in [1.29, 1.82) is 0 Å². The fourth-order valence-electron chi connectivity index (χ4n) is 2.83. The molecule has 3 aromatic rings. The highest BCUT2D eigenvalue weighted by atomic mass is 16.2.